The quantitative estimate of drug-likeness (QED) is 0.839. The van der Waals surface area contributed by atoms with Gasteiger partial charge in [-0.05, 0) is 31.0 Å². The van der Waals surface area contributed by atoms with E-state index in [2.05, 4.69) is 15.4 Å². The fraction of sp³-hybridized carbons (Fsp3) is 0.333. The molecule has 0 amide bonds. The molecule has 0 aromatic carbocycles. The van der Waals surface area contributed by atoms with Gasteiger partial charge >= 0.3 is 0 Å². The topological polar surface area (TPSA) is 42.7 Å². The Morgan fingerprint density at radius 2 is 2.25 bits per heavy atom. The number of pyridine rings is 1. The van der Waals surface area contributed by atoms with Crippen LogP contribution >= 0.6 is 0 Å². The molecule has 0 bridgehead atoms. The van der Waals surface area contributed by atoms with Gasteiger partial charge in [0.2, 0.25) is 0 Å². The molecule has 1 aliphatic rings. The summed E-state index contributed by atoms with van der Waals surface area (Å²) in [6.07, 6.45) is 6.27. The van der Waals surface area contributed by atoms with Gasteiger partial charge in [0.1, 0.15) is 0 Å². The van der Waals surface area contributed by atoms with Crippen molar-refractivity contribution in [1.82, 2.24) is 20.1 Å². The van der Waals surface area contributed by atoms with Crippen molar-refractivity contribution >= 4 is 0 Å². The normalized spacial score (nSPS) is 15.2. The van der Waals surface area contributed by atoms with Crippen molar-refractivity contribution in [3.63, 3.8) is 0 Å². The predicted molar refractivity (Wildman–Crippen MR) is 61.2 cm³/mol. The highest BCUT2D eigenvalue weighted by Gasteiger charge is 2.20. The van der Waals surface area contributed by atoms with E-state index >= 15 is 0 Å². The van der Waals surface area contributed by atoms with Crippen LogP contribution < -0.4 is 5.32 Å². The van der Waals surface area contributed by atoms with Crippen molar-refractivity contribution in [2.45, 2.75) is 25.4 Å². The van der Waals surface area contributed by atoms with Crippen molar-refractivity contribution < 1.29 is 0 Å². The first-order valence-corrected chi connectivity index (χ1v) is 5.61. The van der Waals surface area contributed by atoms with E-state index in [1.807, 2.05) is 30.5 Å². The highest BCUT2D eigenvalue weighted by molar-refractivity contribution is 5.23. The number of hydrogen-bond acceptors (Lipinski definition) is 3. The number of nitrogens with one attached hydrogen (secondary N) is 1. The Labute approximate surface area is 94.3 Å². The summed E-state index contributed by atoms with van der Waals surface area (Å²) in [5.41, 5.74) is 1.07. The van der Waals surface area contributed by atoms with Crippen molar-refractivity contribution in [2.75, 3.05) is 0 Å². The first-order chi connectivity index (χ1) is 7.92. The van der Waals surface area contributed by atoms with Gasteiger partial charge in [-0.3, -0.25) is 0 Å². The van der Waals surface area contributed by atoms with Crippen LogP contribution in [0.3, 0.4) is 0 Å². The molecule has 0 saturated heterocycles. The van der Waals surface area contributed by atoms with Gasteiger partial charge in [0.25, 0.3) is 0 Å². The first kappa shape index (κ1) is 9.54. The predicted octanol–water partition coefficient (Wildman–Crippen LogP) is 1.52. The minimum atomic E-state index is 0.718. The van der Waals surface area contributed by atoms with Gasteiger partial charge in [-0.1, -0.05) is 6.07 Å². The zero-order valence-corrected chi connectivity index (χ0v) is 9.00. The molecule has 4 heteroatoms. The van der Waals surface area contributed by atoms with Crippen molar-refractivity contribution in [1.29, 1.82) is 0 Å². The number of nitrogens with zero attached hydrogens (tertiary/aromatic N) is 3. The van der Waals surface area contributed by atoms with Crippen LogP contribution in [-0.4, -0.2) is 20.8 Å². The molecule has 2 aromatic rings. The van der Waals surface area contributed by atoms with Crippen LogP contribution in [-0.2, 0) is 6.54 Å². The van der Waals surface area contributed by atoms with E-state index < -0.39 is 0 Å². The second kappa shape index (κ2) is 4.06. The van der Waals surface area contributed by atoms with Gasteiger partial charge < -0.3 is 5.32 Å². The third-order valence-corrected chi connectivity index (χ3v) is 2.68. The summed E-state index contributed by atoms with van der Waals surface area (Å²) in [4.78, 5) is 4.55. The summed E-state index contributed by atoms with van der Waals surface area (Å²) in [6.45, 7) is 0.847. The summed E-state index contributed by atoms with van der Waals surface area (Å²) in [7, 11) is 0. The minimum Gasteiger partial charge on any atom is -0.308 e. The second-order valence-electron chi connectivity index (χ2n) is 4.09. The molecule has 1 fully saturated rings. The van der Waals surface area contributed by atoms with Crippen LogP contribution in [0.2, 0.25) is 0 Å². The molecule has 2 aromatic heterocycles. The van der Waals surface area contributed by atoms with Gasteiger partial charge in [0.15, 0.2) is 5.82 Å². The second-order valence-corrected chi connectivity index (χ2v) is 4.09. The van der Waals surface area contributed by atoms with Crippen molar-refractivity contribution in [2.24, 2.45) is 0 Å². The average molecular weight is 214 g/mol. The lowest BCUT2D eigenvalue weighted by atomic mass is 10.3. The van der Waals surface area contributed by atoms with Crippen molar-refractivity contribution in [3.05, 3.63) is 42.4 Å². The lowest BCUT2D eigenvalue weighted by Gasteiger charge is -2.05. The number of aromatic nitrogens is 3. The molecular weight excluding hydrogens is 200 g/mol. The molecule has 16 heavy (non-hydrogen) atoms. The molecule has 0 spiro atoms. The molecule has 1 aliphatic carbocycles. The molecule has 0 unspecified atom stereocenters. The van der Waals surface area contributed by atoms with E-state index in [-0.39, 0.29) is 0 Å². The zero-order chi connectivity index (χ0) is 10.8. The molecule has 0 aliphatic heterocycles. The van der Waals surface area contributed by atoms with Gasteiger partial charge in [-0.25, -0.2) is 9.67 Å². The van der Waals surface area contributed by atoms with E-state index in [0.717, 1.165) is 24.1 Å². The third-order valence-electron chi connectivity index (χ3n) is 2.68. The molecule has 82 valence electrons. The summed E-state index contributed by atoms with van der Waals surface area (Å²) < 4.78 is 1.78. The summed E-state index contributed by atoms with van der Waals surface area (Å²) >= 11 is 0. The Morgan fingerprint density at radius 3 is 3.00 bits per heavy atom. The largest absolute Gasteiger partial charge is 0.308 e. The third kappa shape index (κ3) is 2.12. The molecule has 4 nitrogen and oxygen atoms in total. The van der Waals surface area contributed by atoms with Gasteiger partial charge in [-0.2, -0.15) is 5.10 Å². The van der Waals surface area contributed by atoms with Gasteiger partial charge in [0.05, 0.1) is 5.69 Å². The van der Waals surface area contributed by atoms with Gasteiger partial charge in [-0.15, -0.1) is 0 Å². The van der Waals surface area contributed by atoms with E-state index in [1.165, 1.54) is 12.8 Å². The van der Waals surface area contributed by atoms with Crippen LogP contribution in [0.4, 0.5) is 0 Å². The minimum absolute atomic E-state index is 0.718. The fourth-order valence-electron chi connectivity index (χ4n) is 1.63. The lowest BCUT2D eigenvalue weighted by Crippen LogP contribution is -2.16. The summed E-state index contributed by atoms with van der Waals surface area (Å²) in [6, 6.07) is 8.65. The SMILES string of the molecule is c1cc(CNC2CC2)nc(-n2cccn2)c1. The fourth-order valence-corrected chi connectivity index (χ4v) is 1.63. The van der Waals surface area contributed by atoms with Crippen LogP contribution in [0.25, 0.3) is 5.82 Å². The Hall–Kier alpha value is -1.68. The molecule has 1 N–H and O–H groups in total. The van der Waals surface area contributed by atoms with Crippen molar-refractivity contribution in [3.8, 4) is 5.82 Å². The Morgan fingerprint density at radius 1 is 1.31 bits per heavy atom. The van der Waals surface area contributed by atoms with Crippen LogP contribution in [0.15, 0.2) is 36.7 Å². The Bertz CT molecular complexity index is 460. The highest BCUT2D eigenvalue weighted by atomic mass is 15.3. The monoisotopic (exact) mass is 214 g/mol. The van der Waals surface area contributed by atoms with Crippen LogP contribution in [0.1, 0.15) is 18.5 Å². The first-order valence-electron chi connectivity index (χ1n) is 5.61. The highest BCUT2D eigenvalue weighted by Crippen LogP contribution is 2.19. The van der Waals surface area contributed by atoms with E-state index in [1.54, 1.807) is 10.9 Å². The zero-order valence-electron chi connectivity index (χ0n) is 9.00. The lowest BCUT2D eigenvalue weighted by molar-refractivity contribution is 0.670. The number of rotatable bonds is 4. The molecular formula is C12H14N4. The van der Waals surface area contributed by atoms with Crippen LogP contribution in [0.5, 0.6) is 0 Å². The molecule has 3 rings (SSSR count). The summed E-state index contributed by atoms with van der Waals surface area (Å²) in [5.74, 6) is 0.875. The maximum Gasteiger partial charge on any atom is 0.153 e. The average Bonchev–Trinajstić information content (AvgIpc) is 2.99. The molecule has 2 heterocycles. The summed E-state index contributed by atoms with van der Waals surface area (Å²) in [5, 5.41) is 7.62. The van der Waals surface area contributed by atoms with Crippen LogP contribution in [0, 0.1) is 0 Å². The van der Waals surface area contributed by atoms with E-state index in [9.17, 15) is 0 Å². The smallest absolute Gasteiger partial charge is 0.153 e. The molecule has 0 radical (unpaired) electrons. The molecule has 0 atom stereocenters. The van der Waals surface area contributed by atoms with E-state index in [4.69, 9.17) is 0 Å². The maximum absolute atomic E-state index is 4.55. The Kier molecular flexibility index (Phi) is 2.42. The standard InChI is InChI=1S/C12H14N4/c1-3-11(9-13-10-5-6-10)15-12(4-1)16-8-2-7-14-16/h1-4,7-8,10,13H,5-6,9H2. The van der Waals surface area contributed by atoms with Gasteiger partial charge in [0, 0.05) is 25.0 Å². The Balaban J connectivity index is 1.76. The maximum atomic E-state index is 4.55. The molecule has 1 saturated carbocycles. The van der Waals surface area contributed by atoms with E-state index in [0.29, 0.717) is 0 Å². The number of hydrogen-bond donors (Lipinski definition) is 1.